The van der Waals surface area contributed by atoms with E-state index < -0.39 is 5.97 Å². The third kappa shape index (κ3) is 4.04. The SMILES string of the molecule is COc1ccc(C(=O)COC(=O)/C=C/c2cc(C)n(C3CC3)c2C)cc1. The zero-order valence-electron chi connectivity index (χ0n) is 15.3. The highest BCUT2D eigenvalue weighted by Gasteiger charge is 2.26. The molecule has 1 heterocycles. The molecule has 0 amide bonds. The number of nitrogens with zero attached hydrogens (tertiary/aromatic N) is 1. The Morgan fingerprint density at radius 2 is 1.88 bits per heavy atom. The first-order chi connectivity index (χ1) is 12.5. The Morgan fingerprint density at radius 1 is 1.19 bits per heavy atom. The number of rotatable bonds is 7. The van der Waals surface area contributed by atoms with E-state index in [0.29, 0.717) is 17.4 Å². The molecule has 1 fully saturated rings. The van der Waals surface area contributed by atoms with Gasteiger partial charge in [-0.15, -0.1) is 0 Å². The van der Waals surface area contributed by atoms with Gasteiger partial charge in [0.05, 0.1) is 7.11 Å². The first kappa shape index (κ1) is 18.0. The average molecular weight is 353 g/mol. The fraction of sp³-hybridized carbons (Fsp3) is 0.333. The van der Waals surface area contributed by atoms with Gasteiger partial charge in [0, 0.05) is 29.1 Å². The van der Waals surface area contributed by atoms with Gasteiger partial charge in [-0.25, -0.2) is 4.79 Å². The minimum absolute atomic E-state index is 0.249. The molecule has 5 heteroatoms. The molecule has 0 saturated heterocycles. The molecule has 1 saturated carbocycles. The van der Waals surface area contributed by atoms with E-state index in [4.69, 9.17) is 9.47 Å². The Labute approximate surface area is 153 Å². The highest BCUT2D eigenvalue weighted by atomic mass is 16.5. The summed E-state index contributed by atoms with van der Waals surface area (Å²) >= 11 is 0. The van der Waals surface area contributed by atoms with Gasteiger partial charge in [-0.2, -0.15) is 0 Å². The zero-order chi connectivity index (χ0) is 18.7. The van der Waals surface area contributed by atoms with Crippen molar-refractivity contribution in [2.75, 3.05) is 13.7 Å². The summed E-state index contributed by atoms with van der Waals surface area (Å²) in [5, 5.41) is 0. The first-order valence-electron chi connectivity index (χ1n) is 8.70. The predicted molar refractivity (Wildman–Crippen MR) is 99.5 cm³/mol. The maximum absolute atomic E-state index is 12.1. The third-order valence-corrected chi connectivity index (χ3v) is 4.59. The van der Waals surface area contributed by atoms with Crippen molar-refractivity contribution in [3.8, 4) is 5.75 Å². The van der Waals surface area contributed by atoms with Crippen molar-refractivity contribution < 1.29 is 19.1 Å². The Hall–Kier alpha value is -2.82. The lowest BCUT2D eigenvalue weighted by molar-refractivity contribution is -0.136. The molecule has 0 radical (unpaired) electrons. The Morgan fingerprint density at radius 3 is 2.50 bits per heavy atom. The van der Waals surface area contributed by atoms with E-state index >= 15 is 0 Å². The van der Waals surface area contributed by atoms with Gasteiger partial charge in [-0.1, -0.05) is 0 Å². The summed E-state index contributed by atoms with van der Waals surface area (Å²) in [5.74, 6) is -0.102. The molecule has 3 rings (SSSR count). The van der Waals surface area contributed by atoms with Crippen LogP contribution in [0.3, 0.4) is 0 Å². The number of benzene rings is 1. The lowest BCUT2D eigenvalue weighted by Gasteiger charge is -2.06. The molecule has 2 aromatic rings. The van der Waals surface area contributed by atoms with Gasteiger partial charge in [-0.3, -0.25) is 4.79 Å². The van der Waals surface area contributed by atoms with Crippen LogP contribution in [-0.2, 0) is 9.53 Å². The summed E-state index contributed by atoms with van der Waals surface area (Å²) in [6.07, 6.45) is 5.56. The summed E-state index contributed by atoms with van der Waals surface area (Å²) in [5.41, 5.74) is 3.85. The standard InChI is InChI=1S/C21H23NO4/c1-14-12-17(15(2)22(14)18-7-8-18)6-11-21(24)26-13-20(23)16-4-9-19(25-3)10-5-16/h4-6,9-12,18H,7-8,13H2,1-3H3/b11-6+. The number of aromatic nitrogens is 1. The molecular weight excluding hydrogens is 330 g/mol. The maximum Gasteiger partial charge on any atom is 0.331 e. The first-order valence-corrected chi connectivity index (χ1v) is 8.70. The van der Waals surface area contributed by atoms with Gasteiger partial charge in [0.15, 0.2) is 12.4 Å². The van der Waals surface area contributed by atoms with E-state index in [-0.39, 0.29) is 12.4 Å². The molecule has 0 unspecified atom stereocenters. The number of esters is 1. The fourth-order valence-electron chi connectivity index (χ4n) is 3.07. The fourth-order valence-corrected chi connectivity index (χ4v) is 3.07. The molecule has 0 bridgehead atoms. The van der Waals surface area contributed by atoms with Gasteiger partial charge in [0.1, 0.15) is 5.75 Å². The van der Waals surface area contributed by atoms with E-state index in [1.54, 1.807) is 37.5 Å². The van der Waals surface area contributed by atoms with Crippen molar-refractivity contribution in [1.29, 1.82) is 0 Å². The predicted octanol–water partition coefficient (Wildman–Crippen LogP) is 3.89. The second-order valence-corrected chi connectivity index (χ2v) is 6.52. The van der Waals surface area contributed by atoms with Crippen LogP contribution in [0.2, 0.25) is 0 Å². The molecule has 0 aliphatic heterocycles. The average Bonchev–Trinajstić information content (AvgIpc) is 3.43. The molecule has 0 spiro atoms. The van der Waals surface area contributed by atoms with Gasteiger partial charge in [-0.05, 0) is 68.7 Å². The van der Waals surface area contributed by atoms with Crippen LogP contribution in [0.1, 0.15) is 46.2 Å². The summed E-state index contributed by atoms with van der Waals surface area (Å²) in [6, 6.07) is 9.37. The number of hydrogen-bond acceptors (Lipinski definition) is 4. The van der Waals surface area contributed by atoms with Crippen LogP contribution in [0.25, 0.3) is 6.08 Å². The molecule has 1 aliphatic rings. The van der Waals surface area contributed by atoms with E-state index in [9.17, 15) is 9.59 Å². The normalized spacial score (nSPS) is 13.8. The quantitative estimate of drug-likeness (QED) is 0.430. The molecule has 1 aromatic carbocycles. The van der Waals surface area contributed by atoms with Crippen molar-refractivity contribution in [2.24, 2.45) is 0 Å². The third-order valence-electron chi connectivity index (χ3n) is 4.59. The Kier molecular flexibility index (Phi) is 5.26. The van der Waals surface area contributed by atoms with E-state index in [1.165, 1.54) is 24.6 Å². The van der Waals surface area contributed by atoms with Gasteiger partial charge in [0.25, 0.3) is 0 Å². The number of carbonyl (C=O) groups is 2. The number of carbonyl (C=O) groups excluding carboxylic acids is 2. The molecule has 26 heavy (non-hydrogen) atoms. The lowest BCUT2D eigenvalue weighted by atomic mass is 10.1. The maximum atomic E-state index is 12.1. The number of ketones is 1. The van der Waals surface area contributed by atoms with Gasteiger partial charge >= 0.3 is 5.97 Å². The van der Waals surface area contributed by atoms with Crippen LogP contribution in [0.4, 0.5) is 0 Å². The van der Waals surface area contributed by atoms with Crippen LogP contribution in [0.5, 0.6) is 5.75 Å². The highest BCUT2D eigenvalue weighted by Crippen LogP contribution is 2.38. The molecule has 5 nitrogen and oxygen atoms in total. The minimum Gasteiger partial charge on any atom is -0.497 e. The lowest BCUT2D eigenvalue weighted by Crippen LogP contribution is -2.12. The van der Waals surface area contributed by atoms with Gasteiger partial charge < -0.3 is 14.0 Å². The molecular formula is C21H23NO4. The molecule has 0 atom stereocenters. The summed E-state index contributed by atoms with van der Waals surface area (Å²) in [7, 11) is 1.56. The van der Waals surface area contributed by atoms with Crippen LogP contribution in [-0.4, -0.2) is 30.0 Å². The second-order valence-electron chi connectivity index (χ2n) is 6.52. The van der Waals surface area contributed by atoms with Crippen molar-refractivity contribution in [3.05, 3.63) is 58.9 Å². The van der Waals surface area contributed by atoms with E-state index in [1.807, 2.05) is 0 Å². The molecule has 1 aromatic heterocycles. The van der Waals surface area contributed by atoms with Crippen LogP contribution in [0.15, 0.2) is 36.4 Å². The van der Waals surface area contributed by atoms with E-state index in [2.05, 4.69) is 24.5 Å². The van der Waals surface area contributed by atoms with Crippen LogP contribution < -0.4 is 4.74 Å². The summed E-state index contributed by atoms with van der Waals surface area (Å²) in [6.45, 7) is 3.86. The Bertz CT molecular complexity index is 842. The van der Waals surface area contributed by atoms with Crippen LogP contribution in [0, 0.1) is 13.8 Å². The topological polar surface area (TPSA) is 57.5 Å². The van der Waals surface area contributed by atoms with Gasteiger partial charge in [0.2, 0.25) is 0 Å². The summed E-state index contributed by atoms with van der Waals surface area (Å²) < 4.78 is 12.4. The molecule has 1 aliphatic carbocycles. The van der Waals surface area contributed by atoms with Crippen molar-refractivity contribution in [1.82, 2.24) is 4.57 Å². The number of ether oxygens (including phenoxy) is 2. The van der Waals surface area contributed by atoms with Crippen LogP contribution >= 0.6 is 0 Å². The van der Waals surface area contributed by atoms with Crippen molar-refractivity contribution >= 4 is 17.8 Å². The largest absolute Gasteiger partial charge is 0.497 e. The van der Waals surface area contributed by atoms with Crippen molar-refractivity contribution in [3.63, 3.8) is 0 Å². The number of methoxy groups -OCH3 is 1. The molecule has 136 valence electrons. The Balaban J connectivity index is 1.56. The van der Waals surface area contributed by atoms with E-state index in [0.717, 1.165) is 11.3 Å². The second kappa shape index (κ2) is 7.60. The summed E-state index contributed by atoms with van der Waals surface area (Å²) in [4.78, 5) is 24.0. The minimum atomic E-state index is -0.525. The molecule has 0 N–H and O–H groups in total. The zero-order valence-corrected chi connectivity index (χ0v) is 15.3. The highest BCUT2D eigenvalue weighted by molar-refractivity contribution is 5.99. The smallest absolute Gasteiger partial charge is 0.331 e. The number of Topliss-reactive ketones (excluding diaryl/α,β-unsaturated/α-hetero) is 1. The number of hydrogen-bond donors (Lipinski definition) is 0. The van der Waals surface area contributed by atoms with Crippen molar-refractivity contribution in [2.45, 2.75) is 32.7 Å². The monoisotopic (exact) mass is 353 g/mol. The number of aryl methyl sites for hydroxylation is 1.